The third-order valence-corrected chi connectivity index (χ3v) is 3.44. The van der Waals surface area contributed by atoms with Crippen LogP contribution < -0.4 is 5.32 Å². The van der Waals surface area contributed by atoms with Crippen molar-refractivity contribution in [3.63, 3.8) is 0 Å². The van der Waals surface area contributed by atoms with Gasteiger partial charge in [0.05, 0.1) is 8.07 Å². The van der Waals surface area contributed by atoms with E-state index in [9.17, 15) is 4.79 Å². The summed E-state index contributed by atoms with van der Waals surface area (Å²) in [5, 5.41) is 3.33. The molecule has 1 amide bonds. The van der Waals surface area contributed by atoms with E-state index in [4.69, 9.17) is 0 Å². The normalized spacial score (nSPS) is 10.8. The Balaban J connectivity index is 4.24. The summed E-state index contributed by atoms with van der Waals surface area (Å²) in [4.78, 5) is 11.0. The van der Waals surface area contributed by atoms with Crippen LogP contribution in [-0.2, 0) is 4.79 Å². The van der Waals surface area contributed by atoms with Crippen LogP contribution in [0.4, 0.5) is 0 Å². The minimum Gasteiger partial charge on any atom is -0.356 e. The number of nitrogens with one attached hydrogen (secondary N) is 1. The van der Waals surface area contributed by atoms with Gasteiger partial charge in [-0.2, -0.15) is 0 Å². The summed E-state index contributed by atoms with van der Waals surface area (Å²) in [5.41, 5.74) is 0. The molecule has 3 heteroatoms. The lowest BCUT2D eigenvalue weighted by molar-refractivity contribution is -0.116. The van der Waals surface area contributed by atoms with Crippen LogP contribution in [0.2, 0.25) is 19.6 Å². The zero-order chi connectivity index (χ0) is 8.36. The topological polar surface area (TPSA) is 29.1 Å². The van der Waals surface area contributed by atoms with Gasteiger partial charge in [-0.05, 0) is 5.20 Å². The van der Waals surface area contributed by atoms with Gasteiger partial charge >= 0.3 is 0 Å². The van der Waals surface area contributed by atoms with E-state index in [1.165, 1.54) is 0 Å². The van der Waals surface area contributed by atoms with Crippen LogP contribution in [0.5, 0.6) is 0 Å². The van der Waals surface area contributed by atoms with E-state index < -0.39 is 8.07 Å². The van der Waals surface area contributed by atoms with E-state index in [2.05, 4.69) is 31.5 Å². The highest BCUT2D eigenvalue weighted by molar-refractivity contribution is 6.87. The Morgan fingerprint density at radius 3 is 1.90 bits per heavy atom. The van der Waals surface area contributed by atoms with Crippen LogP contribution >= 0.6 is 0 Å². The Kier molecular flexibility index (Phi) is 2.84. The van der Waals surface area contributed by atoms with Gasteiger partial charge in [0.15, 0.2) is 0 Å². The molecule has 0 atom stereocenters. The van der Waals surface area contributed by atoms with Gasteiger partial charge in [0, 0.05) is 7.05 Å². The lowest BCUT2D eigenvalue weighted by Gasteiger charge is -2.17. The predicted molar refractivity (Wildman–Crippen MR) is 46.6 cm³/mol. The first-order valence-corrected chi connectivity index (χ1v) is 6.81. The summed E-state index contributed by atoms with van der Waals surface area (Å²) < 4.78 is 0. The Bertz CT molecular complexity index is 157. The van der Waals surface area contributed by atoms with Crippen molar-refractivity contribution in [2.75, 3.05) is 7.05 Å². The molecule has 0 aromatic carbocycles. The molecule has 0 spiro atoms. The molecule has 0 fully saturated rings. The fraction of sp³-hybridized carbons (Fsp3) is 0.571. The summed E-state index contributed by atoms with van der Waals surface area (Å²) >= 11 is 0. The molecule has 0 aromatic rings. The smallest absolute Gasteiger partial charge is 0.242 e. The molecular formula is C7H15NOSi. The predicted octanol–water partition coefficient (Wildman–Crippen LogP) is 1.17. The molecule has 1 N–H and O–H groups in total. The third-order valence-electron chi connectivity index (χ3n) is 1.41. The molecule has 2 nitrogen and oxygen atoms in total. The fourth-order valence-corrected chi connectivity index (χ4v) is 1.30. The van der Waals surface area contributed by atoms with E-state index in [-0.39, 0.29) is 5.91 Å². The Labute approximate surface area is 63.3 Å². The summed E-state index contributed by atoms with van der Waals surface area (Å²) in [6, 6.07) is 0. The van der Waals surface area contributed by atoms with Gasteiger partial charge in [-0.3, -0.25) is 4.79 Å². The van der Waals surface area contributed by atoms with Crippen LogP contribution in [0.1, 0.15) is 0 Å². The second-order valence-electron chi connectivity index (χ2n) is 3.31. The van der Waals surface area contributed by atoms with Crippen molar-refractivity contribution in [2.45, 2.75) is 19.6 Å². The quantitative estimate of drug-likeness (QED) is 0.473. The molecule has 0 radical (unpaired) electrons. The lowest BCUT2D eigenvalue weighted by Crippen LogP contribution is -2.34. The molecule has 0 rings (SSSR count). The molecule has 0 saturated carbocycles. The van der Waals surface area contributed by atoms with Crippen molar-refractivity contribution >= 4 is 14.0 Å². The molecule has 0 aliphatic heterocycles. The molecule has 10 heavy (non-hydrogen) atoms. The van der Waals surface area contributed by atoms with Crippen molar-refractivity contribution in [2.24, 2.45) is 0 Å². The van der Waals surface area contributed by atoms with Crippen molar-refractivity contribution < 1.29 is 4.79 Å². The van der Waals surface area contributed by atoms with E-state index in [0.29, 0.717) is 0 Å². The number of likely N-dealkylation sites (N-methyl/N-ethyl adjacent to an activating group) is 1. The van der Waals surface area contributed by atoms with Gasteiger partial charge < -0.3 is 5.32 Å². The standard InChI is InChI=1S/C7H15NOSi/c1-6(7(9)8-2)10(3,4)5/h1H2,2-5H3,(H,8,9). The van der Waals surface area contributed by atoms with Crippen molar-refractivity contribution in [1.29, 1.82) is 0 Å². The minimum absolute atomic E-state index is 0.0147. The maximum absolute atomic E-state index is 11.0. The van der Waals surface area contributed by atoms with Gasteiger partial charge in [-0.1, -0.05) is 26.2 Å². The first-order valence-electron chi connectivity index (χ1n) is 3.31. The summed E-state index contributed by atoms with van der Waals surface area (Å²) in [6.45, 7) is 10.1. The highest BCUT2D eigenvalue weighted by atomic mass is 28.3. The Hall–Kier alpha value is -0.573. The Morgan fingerprint density at radius 2 is 1.80 bits per heavy atom. The van der Waals surface area contributed by atoms with Crippen LogP contribution in [-0.4, -0.2) is 21.0 Å². The van der Waals surface area contributed by atoms with Crippen LogP contribution in [0, 0.1) is 0 Å². The first-order chi connectivity index (χ1) is 4.39. The lowest BCUT2D eigenvalue weighted by atomic mass is 10.6. The summed E-state index contributed by atoms with van der Waals surface area (Å²) in [5.74, 6) is -0.0147. The van der Waals surface area contributed by atoms with Crippen LogP contribution in [0.15, 0.2) is 11.8 Å². The maximum Gasteiger partial charge on any atom is 0.242 e. The zero-order valence-electron chi connectivity index (χ0n) is 7.12. The van der Waals surface area contributed by atoms with Gasteiger partial charge in [0.25, 0.3) is 0 Å². The molecular weight excluding hydrogens is 142 g/mol. The molecule has 0 unspecified atom stereocenters. The van der Waals surface area contributed by atoms with E-state index in [1.54, 1.807) is 7.05 Å². The van der Waals surface area contributed by atoms with Crippen molar-refractivity contribution in [1.82, 2.24) is 5.32 Å². The summed E-state index contributed by atoms with van der Waals surface area (Å²) in [6.07, 6.45) is 0. The largest absolute Gasteiger partial charge is 0.356 e. The van der Waals surface area contributed by atoms with E-state index in [1.807, 2.05) is 0 Å². The molecule has 0 aromatic heterocycles. The van der Waals surface area contributed by atoms with Gasteiger partial charge in [0.2, 0.25) is 5.91 Å². The number of rotatable bonds is 2. The number of carbonyl (C=O) groups excluding carboxylic acids is 1. The SMILES string of the molecule is C=C(C(=O)NC)[Si](C)(C)C. The monoisotopic (exact) mass is 157 g/mol. The minimum atomic E-state index is -1.45. The Morgan fingerprint density at radius 1 is 1.40 bits per heavy atom. The molecule has 58 valence electrons. The van der Waals surface area contributed by atoms with Crippen molar-refractivity contribution in [3.8, 4) is 0 Å². The number of carbonyl (C=O) groups is 1. The van der Waals surface area contributed by atoms with Crippen LogP contribution in [0.3, 0.4) is 0 Å². The summed E-state index contributed by atoms with van der Waals surface area (Å²) in [7, 11) is 0.181. The average molecular weight is 157 g/mol. The number of amides is 1. The zero-order valence-corrected chi connectivity index (χ0v) is 8.12. The van der Waals surface area contributed by atoms with Crippen molar-refractivity contribution in [3.05, 3.63) is 11.8 Å². The van der Waals surface area contributed by atoms with E-state index in [0.717, 1.165) is 5.20 Å². The number of hydrogen-bond acceptors (Lipinski definition) is 1. The fourth-order valence-electron chi connectivity index (χ4n) is 0.491. The first kappa shape index (κ1) is 9.43. The average Bonchev–Trinajstić information content (AvgIpc) is 1.83. The highest BCUT2D eigenvalue weighted by Crippen LogP contribution is 2.11. The van der Waals surface area contributed by atoms with Gasteiger partial charge in [0.1, 0.15) is 0 Å². The second kappa shape index (κ2) is 3.01. The molecule has 0 heterocycles. The molecule has 0 aliphatic rings. The molecule has 0 aliphatic carbocycles. The molecule has 0 saturated heterocycles. The molecule has 0 bridgehead atoms. The van der Waals surface area contributed by atoms with Gasteiger partial charge in [-0.25, -0.2) is 0 Å². The second-order valence-corrected chi connectivity index (χ2v) is 8.41. The van der Waals surface area contributed by atoms with Crippen LogP contribution in [0.25, 0.3) is 0 Å². The third kappa shape index (κ3) is 2.35. The van der Waals surface area contributed by atoms with E-state index >= 15 is 0 Å². The maximum atomic E-state index is 11.0. The highest BCUT2D eigenvalue weighted by Gasteiger charge is 2.22. The number of hydrogen-bond donors (Lipinski definition) is 1. The van der Waals surface area contributed by atoms with Gasteiger partial charge in [-0.15, -0.1) is 0 Å².